The summed E-state index contributed by atoms with van der Waals surface area (Å²) >= 11 is 7.93. The molecule has 53 heavy (non-hydrogen) atoms. The highest BCUT2D eigenvalue weighted by atomic mass is 35.5. The van der Waals surface area contributed by atoms with Crippen LogP contribution in [0.4, 0.5) is 24.0 Å². The number of aromatic nitrogens is 2. The molecule has 10 nitrogen and oxygen atoms in total. The highest BCUT2D eigenvalue weighted by molar-refractivity contribution is 7.23. The van der Waals surface area contributed by atoms with Gasteiger partial charge in [0.2, 0.25) is 0 Å². The number of ether oxygens (including phenoxy) is 1. The lowest BCUT2D eigenvalue weighted by Gasteiger charge is -2.49. The fourth-order valence-corrected chi connectivity index (χ4v) is 10.8. The van der Waals surface area contributed by atoms with Crippen LogP contribution >= 0.6 is 22.9 Å². The Kier molecular flexibility index (Phi) is 9.06. The number of guanidine groups is 1. The van der Waals surface area contributed by atoms with Crippen molar-refractivity contribution in [1.29, 1.82) is 5.26 Å². The molecule has 280 valence electrons. The molecule has 0 aliphatic carbocycles. The van der Waals surface area contributed by atoms with Crippen molar-refractivity contribution in [3.05, 3.63) is 40.4 Å². The van der Waals surface area contributed by atoms with E-state index in [1.807, 2.05) is 0 Å². The van der Waals surface area contributed by atoms with E-state index in [1.54, 1.807) is 6.07 Å². The number of nitrogens with zero attached hydrogens (tertiary/aromatic N) is 8. The van der Waals surface area contributed by atoms with Gasteiger partial charge in [-0.25, -0.2) is 13.2 Å². The average molecular weight is 767 g/mol. The number of hydrogen-bond donors (Lipinski definition) is 1. The van der Waals surface area contributed by atoms with Crippen LogP contribution in [0.5, 0.6) is 6.01 Å². The van der Waals surface area contributed by atoms with Gasteiger partial charge in [0, 0.05) is 47.8 Å². The maximum absolute atomic E-state index is 17.3. The largest absolute Gasteiger partial charge is 0.461 e. The van der Waals surface area contributed by atoms with Gasteiger partial charge in [0.1, 0.15) is 41.0 Å². The number of thiophene rings is 1. The van der Waals surface area contributed by atoms with Gasteiger partial charge < -0.3 is 15.4 Å². The van der Waals surface area contributed by atoms with Gasteiger partial charge in [0.15, 0.2) is 5.82 Å². The Morgan fingerprint density at radius 1 is 1.15 bits per heavy atom. The predicted molar refractivity (Wildman–Crippen MR) is 204 cm³/mol. The Labute approximate surface area is 316 Å². The predicted octanol–water partition coefficient (Wildman–Crippen LogP) is 6.33. The first-order valence-corrected chi connectivity index (χ1v) is 19.4. The van der Waals surface area contributed by atoms with E-state index < -0.39 is 23.3 Å². The normalized spacial score (nSPS) is 22.6. The summed E-state index contributed by atoms with van der Waals surface area (Å²) in [5.41, 5.74) is 5.97. The molecule has 2 aromatic carbocycles. The second-order valence-corrected chi connectivity index (χ2v) is 17.2. The number of rotatable bonds is 5. The monoisotopic (exact) mass is 766 g/mol. The summed E-state index contributed by atoms with van der Waals surface area (Å²) in [6.07, 6.45) is 4.22. The lowest BCUT2D eigenvalue weighted by molar-refractivity contribution is -0.477. The minimum absolute atomic E-state index is 0.00326. The molecule has 0 radical (unpaired) electrons. The Morgan fingerprint density at radius 2 is 1.94 bits per heavy atom. The van der Waals surface area contributed by atoms with Crippen molar-refractivity contribution in [2.24, 2.45) is 5.41 Å². The van der Waals surface area contributed by atoms with Gasteiger partial charge >= 0.3 is 12.0 Å². The molecule has 8 rings (SSSR count). The van der Waals surface area contributed by atoms with Crippen LogP contribution in [0.25, 0.3) is 32.1 Å². The van der Waals surface area contributed by atoms with Gasteiger partial charge in [0.05, 0.1) is 62.1 Å². The molecule has 6 heterocycles. The van der Waals surface area contributed by atoms with E-state index in [9.17, 15) is 9.65 Å². The molecule has 4 fully saturated rings. The fraction of sp³-hybridized carbons (Fsp3) is 0.526. The molecular weight excluding hydrogens is 723 g/mol. The van der Waals surface area contributed by atoms with Crippen molar-refractivity contribution in [3.63, 3.8) is 0 Å². The molecule has 0 saturated carbocycles. The van der Waals surface area contributed by atoms with Gasteiger partial charge in [-0.05, 0) is 49.9 Å². The van der Waals surface area contributed by atoms with Crippen LogP contribution in [0, 0.1) is 28.4 Å². The third-order valence-corrected chi connectivity index (χ3v) is 12.9. The smallest absolute Gasteiger partial charge is 0.349 e. The van der Waals surface area contributed by atoms with E-state index in [2.05, 4.69) is 63.4 Å². The third-order valence-electron chi connectivity index (χ3n) is 11.6. The lowest BCUT2D eigenvalue weighted by atomic mass is 9.76. The zero-order valence-corrected chi connectivity index (χ0v) is 32.1. The highest BCUT2D eigenvalue weighted by Crippen LogP contribution is 2.47. The number of nitriles is 1. The summed E-state index contributed by atoms with van der Waals surface area (Å²) in [6, 6.07) is 6.40. The zero-order chi connectivity index (χ0) is 37.4. The molecular formula is C38H44ClF3N9OS+. The molecule has 0 bridgehead atoms. The second kappa shape index (κ2) is 13.4. The van der Waals surface area contributed by atoms with Crippen molar-refractivity contribution in [2.75, 3.05) is 84.7 Å². The lowest BCUT2D eigenvalue weighted by Crippen LogP contribution is -2.65. The quantitative estimate of drug-likeness (QED) is 0.142. The topological polar surface area (TPSA) is 101 Å². The average Bonchev–Trinajstić information content (AvgIpc) is 3.67. The summed E-state index contributed by atoms with van der Waals surface area (Å²) in [7, 11) is 8.21. The first kappa shape index (κ1) is 35.9. The first-order chi connectivity index (χ1) is 25.3. The number of nitrogen functional groups attached to an aromatic ring is 1. The van der Waals surface area contributed by atoms with Crippen molar-refractivity contribution in [2.45, 2.75) is 50.2 Å². The number of likely N-dealkylation sites (tertiary alicyclic amines) is 1. The van der Waals surface area contributed by atoms with Gasteiger partial charge in [0.25, 0.3) is 0 Å². The first-order valence-electron chi connectivity index (χ1n) is 18.2. The number of nitrogens with two attached hydrogens (primary N) is 1. The number of fused-ring (bicyclic) bond motifs is 3. The van der Waals surface area contributed by atoms with E-state index in [0.29, 0.717) is 37.3 Å². The van der Waals surface area contributed by atoms with Crippen LogP contribution in [0.1, 0.15) is 44.1 Å². The maximum Gasteiger partial charge on any atom is 0.349 e. The molecule has 1 spiro atoms. The standard InChI is InChI=1S/C38H44ClF3N9OS/c1-47(2)36(48(3)4)50-19-37(20-50)10-5-6-12-49(18-37)34-24-14-26(39)29(23-8-9-27(41)32-28(23)25(16-43)33(44)53-32)30(42)31(24)45-35(46-34)52-21-38-11-7-13-51(38)17-22(40)15-38/h8-9,14,22H,5-7,10-13,15,17-21,44H2,1-4H3/q+1/t22-,38+/m1/s1. The maximum atomic E-state index is 17.3. The second-order valence-electron chi connectivity index (χ2n) is 15.7. The minimum atomic E-state index is -0.931. The van der Waals surface area contributed by atoms with Crippen LogP contribution in [-0.4, -0.2) is 121 Å². The van der Waals surface area contributed by atoms with E-state index in [-0.39, 0.29) is 60.3 Å². The summed E-state index contributed by atoms with van der Waals surface area (Å²) in [5.74, 6) is 0.371. The molecule has 4 saturated heterocycles. The number of alkyl halides is 1. The minimum Gasteiger partial charge on any atom is -0.461 e. The molecule has 4 aromatic rings. The number of halogens is 4. The Balaban J connectivity index is 1.25. The molecule has 2 atom stereocenters. The SMILES string of the molecule is CN(C)C(N1CC2(CCCCN(c3nc(OC[C@@]45CCCN4C[C@H](F)C5)nc4c(F)c(-c5ccc(F)c6sc(N)c(C#N)c56)c(Cl)cc34)C2)C1)=[N+](C)C. The molecule has 0 unspecified atom stereocenters. The van der Waals surface area contributed by atoms with E-state index >= 15 is 8.78 Å². The van der Waals surface area contributed by atoms with Crippen molar-refractivity contribution in [1.82, 2.24) is 24.7 Å². The van der Waals surface area contributed by atoms with Gasteiger partial charge in [-0.2, -0.15) is 15.2 Å². The molecule has 2 N–H and O–H groups in total. The van der Waals surface area contributed by atoms with Crippen molar-refractivity contribution >= 4 is 60.7 Å². The zero-order valence-electron chi connectivity index (χ0n) is 30.5. The van der Waals surface area contributed by atoms with Crippen LogP contribution in [0.2, 0.25) is 5.02 Å². The summed E-state index contributed by atoms with van der Waals surface area (Å²) in [6.45, 7) is 4.51. The van der Waals surface area contributed by atoms with Crippen LogP contribution in [0.3, 0.4) is 0 Å². The molecule has 2 aromatic heterocycles. The van der Waals surface area contributed by atoms with Gasteiger partial charge in [-0.1, -0.05) is 24.1 Å². The van der Waals surface area contributed by atoms with Crippen molar-refractivity contribution in [3.8, 4) is 23.2 Å². The summed E-state index contributed by atoms with van der Waals surface area (Å²) in [5, 5.41) is 10.8. The fourth-order valence-electron chi connectivity index (χ4n) is 9.54. The molecule has 15 heteroatoms. The Morgan fingerprint density at radius 3 is 2.68 bits per heavy atom. The molecule has 0 amide bonds. The van der Waals surface area contributed by atoms with E-state index in [0.717, 1.165) is 69.0 Å². The Bertz CT molecular complexity index is 2200. The van der Waals surface area contributed by atoms with Crippen LogP contribution in [0.15, 0.2) is 18.2 Å². The molecule has 4 aliphatic rings. The van der Waals surface area contributed by atoms with Gasteiger partial charge in [-0.3, -0.25) is 19.3 Å². The number of hydrogen-bond acceptors (Lipinski definition) is 8. The van der Waals surface area contributed by atoms with Gasteiger partial charge in [-0.15, -0.1) is 11.3 Å². The highest BCUT2D eigenvalue weighted by Gasteiger charge is 2.51. The van der Waals surface area contributed by atoms with E-state index in [4.69, 9.17) is 27.1 Å². The van der Waals surface area contributed by atoms with Crippen LogP contribution in [-0.2, 0) is 0 Å². The molecule has 4 aliphatic heterocycles. The summed E-state index contributed by atoms with van der Waals surface area (Å²) < 4.78 is 55.6. The summed E-state index contributed by atoms with van der Waals surface area (Å²) in [4.78, 5) is 18.6. The van der Waals surface area contributed by atoms with E-state index in [1.165, 1.54) is 12.1 Å². The number of anilines is 2. The third kappa shape index (κ3) is 5.99. The Hall–Kier alpha value is -4.06. The van der Waals surface area contributed by atoms with Crippen molar-refractivity contribution < 1.29 is 22.5 Å². The van der Waals surface area contributed by atoms with Crippen LogP contribution < -0.4 is 15.4 Å². The number of benzene rings is 2.